The maximum absolute atomic E-state index is 13.2. The van der Waals surface area contributed by atoms with E-state index in [4.69, 9.17) is 11.6 Å². The summed E-state index contributed by atoms with van der Waals surface area (Å²) in [6, 6.07) is 5.15. The van der Waals surface area contributed by atoms with E-state index in [-0.39, 0.29) is 16.3 Å². The van der Waals surface area contributed by atoms with Gasteiger partial charge in [-0.3, -0.25) is 9.78 Å². The number of anilines is 2. The first-order chi connectivity index (χ1) is 12.8. The standard InChI is InChI=1S/C19H19ClF3N3O/c20-13-6-7-17(16(9-13)19(21,22)23)26-18(27)12-8-15(11-24-10-12)25-14-4-2-1-3-5-14/h6-11,14,25H,1-5H2,(H,26,27). The van der Waals surface area contributed by atoms with E-state index in [1.807, 2.05) is 0 Å². The lowest BCUT2D eigenvalue weighted by atomic mass is 9.95. The number of pyridine rings is 1. The smallest absolute Gasteiger partial charge is 0.381 e. The fourth-order valence-electron chi connectivity index (χ4n) is 3.18. The average molecular weight is 398 g/mol. The maximum Gasteiger partial charge on any atom is 0.418 e. The van der Waals surface area contributed by atoms with Crippen LogP contribution in [0, 0.1) is 0 Å². The molecule has 1 aliphatic rings. The van der Waals surface area contributed by atoms with Gasteiger partial charge >= 0.3 is 6.18 Å². The molecule has 2 N–H and O–H groups in total. The van der Waals surface area contributed by atoms with Gasteiger partial charge < -0.3 is 10.6 Å². The third kappa shape index (κ3) is 5.13. The van der Waals surface area contributed by atoms with Crippen LogP contribution < -0.4 is 10.6 Å². The van der Waals surface area contributed by atoms with Gasteiger partial charge in [0.15, 0.2) is 0 Å². The molecule has 0 spiro atoms. The van der Waals surface area contributed by atoms with Crippen molar-refractivity contribution in [2.24, 2.45) is 0 Å². The molecule has 0 bridgehead atoms. The Labute approximate surface area is 160 Å². The number of halogens is 4. The molecular formula is C19H19ClF3N3O. The minimum Gasteiger partial charge on any atom is -0.381 e. The van der Waals surface area contributed by atoms with E-state index in [9.17, 15) is 18.0 Å². The van der Waals surface area contributed by atoms with Gasteiger partial charge in [0.25, 0.3) is 5.91 Å². The van der Waals surface area contributed by atoms with Crippen LogP contribution in [-0.4, -0.2) is 16.9 Å². The molecule has 8 heteroatoms. The summed E-state index contributed by atoms with van der Waals surface area (Å²) in [5.41, 5.74) is -0.476. The lowest BCUT2D eigenvalue weighted by Gasteiger charge is -2.23. The number of carbonyl (C=O) groups excluding carboxylic acids is 1. The first-order valence-corrected chi connectivity index (χ1v) is 9.10. The molecule has 1 fully saturated rings. The molecule has 1 aromatic carbocycles. The van der Waals surface area contributed by atoms with Crippen LogP contribution in [0.3, 0.4) is 0 Å². The quantitative estimate of drug-likeness (QED) is 0.690. The van der Waals surface area contributed by atoms with Crippen molar-refractivity contribution >= 4 is 28.9 Å². The predicted octanol–water partition coefficient (Wildman–Crippen LogP) is 5.75. The first kappa shape index (κ1) is 19.5. The number of alkyl halides is 3. The van der Waals surface area contributed by atoms with E-state index in [0.29, 0.717) is 11.7 Å². The summed E-state index contributed by atoms with van der Waals surface area (Å²) in [4.78, 5) is 16.5. The number of carbonyl (C=O) groups is 1. The van der Waals surface area contributed by atoms with Crippen molar-refractivity contribution in [2.75, 3.05) is 10.6 Å². The molecule has 0 unspecified atom stereocenters. The molecule has 1 saturated carbocycles. The highest BCUT2D eigenvalue weighted by atomic mass is 35.5. The number of hydrogen-bond donors (Lipinski definition) is 2. The van der Waals surface area contributed by atoms with Gasteiger partial charge in [0.05, 0.1) is 22.5 Å². The molecular weight excluding hydrogens is 379 g/mol. The third-order valence-electron chi connectivity index (χ3n) is 4.51. The van der Waals surface area contributed by atoms with Gasteiger partial charge in [-0.15, -0.1) is 0 Å². The summed E-state index contributed by atoms with van der Waals surface area (Å²) >= 11 is 5.66. The fraction of sp³-hybridized carbons (Fsp3) is 0.368. The lowest BCUT2D eigenvalue weighted by molar-refractivity contribution is -0.136. The average Bonchev–Trinajstić information content (AvgIpc) is 2.63. The Morgan fingerprint density at radius 2 is 1.85 bits per heavy atom. The molecule has 27 heavy (non-hydrogen) atoms. The minimum atomic E-state index is -4.63. The molecule has 0 atom stereocenters. The topological polar surface area (TPSA) is 54.0 Å². The Kier molecular flexibility index (Phi) is 5.89. The zero-order chi connectivity index (χ0) is 19.4. The summed E-state index contributed by atoms with van der Waals surface area (Å²) in [6.45, 7) is 0. The van der Waals surface area contributed by atoms with Crippen LogP contribution in [0.1, 0.15) is 48.0 Å². The monoisotopic (exact) mass is 397 g/mol. The lowest BCUT2D eigenvalue weighted by Crippen LogP contribution is -2.22. The normalized spacial score (nSPS) is 15.4. The zero-order valence-corrected chi connectivity index (χ0v) is 15.2. The van der Waals surface area contributed by atoms with Gasteiger partial charge in [0.1, 0.15) is 0 Å². The molecule has 1 amide bonds. The number of aromatic nitrogens is 1. The van der Waals surface area contributed by atoms with Crippen LogP contribution in [0.15, 0.2) is 36.7 Å². The molecule has 3 rings (SSSR count). The van der Waals surface area contributed by atoms with Crippen molar-refractivity contribution in [3.8, 4) is 0 Å². The molecule has 0 radical (unpaired) electrons. The predicted molar refractivity (Wildman–Crippen MR) is 99.1 cm³/mol. The van der Waals surface area contributed by atoms with Crippen molar-refractivity contribution in [3.05, 3.63) is 52.8 Å². The third-order valence-corrected chi connectivity index (χ3v) is 4.75. The van der Waals surface area contributed by atoms with E-state index >= 15 is 0 Å². The van der Waals surface area contributed by atoms with Crippen molar-refractivity contribution < 1.29 is 18.0 Å². The molecule has 144 valence electrons. The summed E-state index contributed by atoms with van der Waals surface area (Å²) in [6.07, 6.45) is 3.94. The Morgan fingerprint density at radius 3 is 2.56 bits per heavy atom. The highest BCUT2D eigenvalue weighted by Crippen LogP contribution is 2.36. The van der Waals surface area contributed by atoms with E-state index < -0.39 is 17.6 Å². The Hall–Kier alpha value is -2.28. The first-order valence-electron chi connectivity index (χ1n) is 8.72. The van der Waals surface area contributed by atoms with Crippen LogP contribution in [0.25, 0.3) is 0 Å². The van der Waals surface area contributed by atoms with Gasteiger partial charge in [-0.1, -0.05) is 30.9 Å². The number of benzene rings is 1. The summed E-state index contributed by atoms with van der Waals surface area (Å²) < 4.78 is 39.5. The molecule has 4 nitrogen and oxygen atoms in total. The fourth-order valence-corrected chi connectivity index (χ4v) is 3.35. The van der Waals surface area contributed by atoms with Crippen molar-refractivity contribution in [1.29, 1.82) is 0 Å². The number of nitrogens with zero attached hydrogens (tertiary/aromatic N) is 1. The molecule has 2 aromatic rings. The largest absolute Gasteiger partial charge is 0.418 e. The van der Waals surface area contributed by atoms with E-state index in [1.165, 1.54) is 18.7 Å². The minimum absolute atomic E-state index is 0.0549. The summed E-state index contributed by atoms with van der Waals surface area (Å²) in [7, 11) is 0. The Morgan fingerprint density at radius 1 is 1.11 bits per heavy atom. The molecule has 0 aliphatic heterocycles. The van der Waals surface area contributed by atoms with Gasteiger partial charge in [0.2, 0.25) is 0 Å². The van der Waals surface area contributed by atoms with Crippen molar-refractivity contribution in [3.63, 3.8) is 0 Å². The van der Waals surface area contributed by atoms with Crippen LogP contribution in [-0.2, 0) is 6.18 Å². The van der Waals surface area contributed by atoms with E-state index in [2.05, 4.69) is 15.6 Å². The van der Waals surface area contributed by atoms with Crippen molar-refractivity contribution in [1.82, 2.24) is 4.98 Å². The summed E-state index contributed by atoms with van der Waals surface area (Å²) in [5.74, 6) is -0.664. The molecule has 1 aromatic heterocycles. The van der Waals surface area contributed by atoms with E-state index in [0.717, 1.165) is 37.8 Å². The number of rotatable bonds is 4. The van der Waals surface area contributed by atoms with E-state index in [1.54, 1.807) is 12.3 Å². The van der Waals surface area contributed by atoms with Crippen LogP contribution in [0.5, 0.6) is 0 Å². The second kappa shape index (κ2) is 8.17. The maximum atomic E-state index is 13.2. The van der Waals surface area contributed by atoms with Gasteiger partial charge in [-0.25, -0.2) is 0 Å². The van der Waals surface area contributed by atoms with Gasteiger partial charge in [-0.2, -0.15) is 13.2 Å². The number of amides is 1. The van der Waals surface area contributed by atoms with Gasteiger partial charge in [0, 0.05) is 23.5 Å². The SMILES string of the molecule is O=C(Nc1ccc(Cl)cc1C(F)(F)F)c1cncc(NC2CCCCC2)c1. The Bertz CT molecular complexity index is 820. The van der Waals surface area contributed by atoms with Crippen LogP contribution in [0.2, 0.25) is 5.02 Å². The van der Waals surface area contributed by atoms with Crippen LogP contribution in [0.4, 0.5) is 24.5 Å². The molecule has 1 heterocycles. The highest BCUT2D eigenvalue weighted by molar-refractivity contribution is 6.30. The number of hydrogen-bond acceptors (Lipinski definition) is 3. The van der Waals surface area contributed by atoms with Gasteiger partial charge in [-0.05, 0) is 37.1 Å². The zero-order valence-electron chi connectivity index (χ0n) is 14.4. The number of nitrogens with one attached hydrogen (secondary N) is 2. The Balaban J connectivity index is 1.76. The second-order valence-electron chi connectivity index (χ2n) is 6.58. The summed E-state index contributed by atoms with van der Waals surface area (Å²) in [5, 5.41) is 5.59. The highest BCUT2D eigenvalue weighted by Gasteiger charge is 2.34. The second-order valence-corrected chi connectivity index (χ2v) is 7.02. The molecule has 1 aliphatic carbocycles. The van der Waals surface area contributed by atoms with Crippen LogP contribution >= 0.6 is 11.6 Å². The van der Waals surface area contributed by atoms with Crippen molar-refractivity contribution in [2.45, 2.75) is 44.3 Å². The molecule has 0 saturated heterocycles.